The standard InChI is InChI=1S/C22H25FN2O5.C13H19FN2O.C8H7NO5/c1-29-22-7-2-17(13-21(22)23)14-24-10-8-16(9-11-24)12-19(26)15-30-20-5-3-18(4-6-20)25(27)28;1-17-13-3-2-10(8-12(13)14)9-16-6-4-11(15)5-7-16;10-8(11)5-14-7-3-1-6(2-4-7)9(12)13/h2-7,13,16H,8-12,14-15H2,1H3;2-3,8,11H,4-7,9,15H2,1H3;1-4H,5H2,(H,10,11). The van der Waals surface area contributed by atoms with Crippen molar-refractivity contribution in [2.75, 3.05) is 53.6 Å². The van der Waals surface area contributed by atoms with E-state index in [4.69, 9.17) is 29.8 Å². The summed E-state index contributed by atoms with van der Waals surface area (Å²) in [4.78, 5) is 46.8. The molecule has 2 saturated heterocycles. The third-order valence-electron chi connectivity index (χ3n) is 9.96. The molecule has 0 bridgehead atoms. The topological polar surface area (TPSA) is 210 Å². The minimum absolute atomic E-state index is 0.0159. The van der Waals surface area contributed by atoms with Crippen molar-refractivity contribution in [2.45, 2.75) is 51.2 Å². The molecule has 0 atom stereocenters. The monoisotopic (exact) mass is 851 g/mol. The largest absolute Gasteiger partial charge is 0.494 e. The lowest BCUT2D eigenvalue weighted by atomic mass is 9.91. The van der Waals surface area contributed by atoms with Gasteiger partial charge in [0.05, 0.1) is 24.1 Å². The Labute approximate surface area is 352 Å². The number of carbonyl (C=O) groups is 2. The second-order valence-electron chi connectivity index (χ2n) is 14.5. The van der Waals surface area contributed by atoms with E-state index in [1.54, 1.807) is 18.2 Å². The number of rotatable bonds is 16. The van der Waals surface area contributed by atoms with Crippen LogP contribution in [0.1, 0.15) is 43.2 Å². The number of ketones is 1. The number of hydrogen-bond donors (Lipinski definition) is 2. The maximum atomic E-state index is 13.8. The molecule has 2 heterocycles. The van der Waals surface area contributed by atoms with Gasteiger partial charge in [-0.3, -0.25) is 34.8 Å². The first-order chi connectivity index (χ1) is 29.2. The number of nitrogens with two attached hydrogens (primary N) is 1. The highest BCUT2D eigenvalue weighted by molar-refractivity contribution is 5.80. The van der Waals surface area contributed by atoms with Gasteiger partial charge >= 0.3 is 5.97 Å². The highest BCUT2D eigenvalue weighted by Gasteiger charge is 2.22. The number of benzene rings is 4. The zero-order valence-electron chi connectivity index (χ0n) is 34.1. The van der Waals surface area contributed by atoms with E-state index in [9.17, 15) is 38.6 Å². The van der Waals surface area contributed by atoms with Crippen LogP contribution in [0.3, 0.4) is 0 Å². The summed E-state index contributed by atoms with van der Waals surface area (Å²) in [5.41, 5.74) is 7.66. The van der Waals surface area contributed by atoms with Crippen molar-refractivity contribution in [3.63, 3.8) is 0 Å². The number of methoxy groups -OCH3 is 2. The number of carbonyl (C=O) groups excluding carboxylic acids is 1. The van der Waals surface area contributed by atoms with Crippen LogP contribution in [-0.2, 0) is 22.7 Å². The lowest BCUT2D eigenvalue weighted by Crippen LogP contribution is -2.39. The van der Waals surface area contributed by atoms with Gasteiger partial charge in [-0.25, -0.2) is 13.6 Å². The molecule has 328 valence electrons. The number of nitro benzene ring substituents is 2. The number of carboxylic acids is 1. The molecule has 16 nitrogen and oxygen atoms in total. The van der Waals surface area contributed by atoms with E-state index < -0.39 is 22.4 Å². The van der Waals surface area contributed by atoms with Crippen molar-refractivity contribution in [3.05, 3.63) is 128 Å². The van der Waals surface area contributed by atoms with Gasteiger partial charge in [0.1, 0.15) is 18.1 Å². The second-order valence-corrected chi connectivity index (χ2v) is 14.5. The Balaban J connectivity index is 0.000000223. The maximum Gasteiger partial charge on any atom is 0.341 e. The average molecular weight is 852 g/mol. The van der Waals surface area contributed by atoms with Crippen LogP contribution in [0.25, 0.3) is 0 Å². The van der Waals surface area contributed by atoms with Gasteiger partial charge in [-0.15, -0.1) is 0 Å². The van der Waals surface area contributed by atoms with E-state index in [1.807, 2.05) is 12.1 Å². The van der Waals surface area contributed by atoms with E-state index >= 15 is 0 Å². The Morgan fingerprint density at radius 2 is 1.10 bits per heavy atom. The molecule has 61 heavy (non-hydrogen) atoms. The molecule has 2 aliphatic heterocycles. The van der Waals surface area contributed by atoms with Gasteiger partial charge in [-0.05, 0) is 117 Å². The molecule has 2 aliphatic rings. The zero-order valence-corrected chi connectivity index (χ0v) is 34.1. The molecular weight excluding hydrogens is 800 g/mol. The van der Waals surface area contributed by atoms with Gasteiger partial charge in [-0.1, -0.05) is 12.1 Å². The minimum Gasteiger partial charge on any atom is -0.494 e. The summed E-state index contributed by atoms with van der Waals surface area (Å²) in [6, 6.07) is 21.4. The van der Waals surface area contributed by atoms with Gasteiger partial charge in [0.15, 0.2) is 35.5 Å². The summed E-state index contributed by atoms with van der Waals surface area (Å²) in [5.74, 6) is -0.147. The smallest absolute Gasteiger partial charge is 0.341 e. The van der Waals surface area contributed by atoms with Gasteiger partial charge in [0, 0.05) is 49.8 Å². The molecule has 4 aromatic rings. The van der Waals surface area contributed by atoms with Crippen LogP contribution in [0.4, 0.5) is 20.2 Å². The normalized spacial score (nSPS) is 14.6. The molecule has 0 radical (unpaired) electrons. The Morgan fingerprint density at radius 1 is 0.689 bits per heavy atom. The van der Waals surface area contributed by atoms with Crippen molar-refractivity contribution in [3.8, 4) is 23.0 Å². The van der Waals surface area contributed by atoms with E-state index in [1.165, 1.54) is 68.8 Å². The van der Waals surface area contributed by atoms with Crippen LogP contribution in [0, 0.1) is 37.8 Å². The number of aliphatic carboxylic acids is 1. The third-order valence-corrected chi connectivity index (χ3v) is 9.96. The Morgan fingerprint density at radius 3 is 1.48 bits per heavy atom. The average Bonchev–Trinajstić information content (AvgIpc) is 3.24. The quantitative estimate of drug-likeness (QED) is 0.0877. The highest BCUT2D eigenvalue weighted by Crippen LogP contribution is 2.25. The molecular formula is C43H51F2N5O11. The minimum atomic E-state index is -1.09. The number of nitrogens with zero attached hydrogens (tertiary/aromatic N) is 4. The van der Waals surface area contributed by atoms with Gasteiger partial charge < -0.3 is 29.8 Å². The molecule has 0 unspecified atom stereocenters. The fraction of sp³-hybridized carbons (Fsp3) is 0.395. The van der Waals surface area contributed by atoms with Crippen LogP contribution in [0.2, 0.25) is 0 Å². The zero-order chi connectivity index (χ0) is 44.3. The molecule has 0 aromatic heterocycles. The highest BCUT2D eigenvalue weighted by atomic mass is 19.1. The van der Waals surface area contributed by atoms with Crippen molar-refractivity contribution in [2.24, 2.45) is 11.7 Å². The number of likely N-dealkylation sites (tertiary alicyclic amines) is 2. The van der Waals surface area contributed by atoms with Crippen LogP contribution in [-0.4, -0.2) is 96.2 Å². The predicted octanol–water partition coefficient (Wildman–Crippen LogP) is 6.81. The van der Waals surface area contributed by atoms with E-state index in [-0.39, 0.29) is 46.9 Å². The van der Waals surface area contributed by atoms with Crippen LogP contribution >= 0.6 is 0 Å². The van der Waals surface area contributed by atoms with Crippen molar-refractivity contribution >= 4 is 23.1 Å². The number of hydrogen-bond acceptors (Lipinski definition) is 13. The number of halogens is 2. The number of piperidine rings is 2. The van der Waals surface area contributed by atoms with Crippen molar-refractivity contribution < 1.29 is 52.3 Å². The first kappa shape index (κ1) is 47.4. The molecule has 2 fully saturated rings. The molecule has 18 heteroatoms. The fourth-order valence-electron chi connectivity index (χ4n) is 6.61. The van der Waals surface area contributed by atoms with E-state index in [2.05, 4.69) is 9.80 Å². The summed E-state index contributed by atoms with van der Waals surface area (Å²) in [6.45, 7) is 4.66. The fourth-order valence-corrected chi connectivity index (χ4v) is 6.61. The molecule has 0 spiro atoms. The maximum absolute atomic E-state index is 13.8. The Kier molecular flexibility index (Phi) is 18.8. The van der Waals surface area contributed by atoms with Gasteiger partial charge in [0.25, 0.3) is 11.4 Å². The molecule has 0 aliphatic carbocycles. The summed E-state index contributed by atoms with van der Waals surface area (Å²) in [7, 11) is 2.92. The van der Waals surface area contributed by atoms with Crippen LogP contribution in [0.15, 0.2) is 84.9 Å². The lowest BCUT2D eigenvalue weighted by molar-refractivity contribution is -0.385. The van der Waals surface area contributed by atoms with E-state index in [0.717, 1.165) is 69.5 Å². The number of Topliss-reactive ketones (excluding diaryl/α,β-unsaturated/α-hetero) is 1. The summed E-state index contributed by atoms with van der Waals surface area (Å²) >= 11 is 0. The number of ether oxygens (including phenoxy) is 4. The predicted molar refractivity (Wildman–Crippen MR) is 221 cm³/mol. The van der Waals surface area contributed by atoms with Gasteiger partial charge in [0.2, 0.25) is 0 Å². The number of nitro groups is 2. The second kappa shape index (κ2) is 24.1. The molecule has 6 rings (SSSR count). The SMILES string of the molecule is COc1ccc(CN2CCC(CC(=O)COc3ccc([N+](=O)[O-])cc3)CC2)cc1F.COc1ccc(CN2CCC(N)CC2)cc1F.O=C(O)COc1ccc([N+](=O)[O-])cc1. The number of carboxylic acid groups (broad SMARTS) is 1. The lowest BCUT2D eigenvalue weighted by Gasteiger charge is -2.31. The summed E-state index contributed by atoms with van der Waals surface area (Å²) in [6.07, 6.45) is 4.32. The molecule has 0 amide bonds. The third kappa shape index (κ3) is 16.4. The van der Waals surface area contributed by atoms with Gasteiger partial charge in [-0.2, -0.15) is 0 Å². The van der Waals surface area contributed by atoms with Crippen molar-refractivity contribution in [1.82, 2.24) is 9.80 Å². The Bertz CT molecular complexity index is 2040. The first-order valence-corrected chi connectivity index (χ1v) is 19.6. The van der Waals surface area contributed by atoms with Crippen molar-refractivity contribution in [1.29, 1.82) is 0 Å². The molecule has 0 saturated carbocycles. The van der Waals surface area contributed by atoms with Crippen LogP contribution in [0.5, 0.6) is 23.0 Å². The molecule has 4 aromatic carbocycles. The van der Waals surface area contributed by atoms with E-state index in [0.29, 0.717) is 36.4 Å². The summed E-state index contributed by atoms with van der Waals surface area (Å²) < 4.78 is 47.4. The number of non-ortho nitro benzene ring substituents is 2. The van der Waals surface area contributed by atoms with Crippen LogP contribution < -0.4 is 24.7 Å². The molecule has 3 N–H and O–H groups in total. The summed E-state index contributed by atoms with van der Waals surface area (Å²) in [5, 5.41) is 29.2. The first-order valence-electron chi connectivity index (χ1n) is 19.6. The Hall–Kier alpha value is -6.24.